The second-order valence-corrected chi connectivity index (χ2v) is 11.0. The third kappa shape index (κ3) is 2.38. The van der Waals surface area contributed by atoms with Gasteiger partial charge in [0.15, 0.2) is 0 Å². The highest BCUT2D eigenvalue weighted by Gasteiger charge is 2.36. The lowest BCUT2D eigenvalue weighted by molar-refractivity contribution is 1.37. The smallest absolute Gasteiger partial charge is 0.0685 e. The molecule has 0 atom stereocenters. The van der Waals surface area contributed by atoms with E-state index in [-0.39, 0.29) is 0 Å². The van der Waals surface area contributed by atoms with Crippen LogP contribution in [-0.2, 0) is 0 Å². The van der Waals surface area contributed by atoms with E-state index >= 15 is 0 Å². The third-order valence-corrected chi connectivity index (χ3v) is 11.5. The lowest BCUT2D eigenvalue weighted by Crippen LogP contribution is -1.98. The maximum absolute atomic E-state index is 2.43. The van der Waals surface area contributed by atoms with Crippen molar-refractivity contribution in [2.75, 3.05) is 0 Å². The van der Waals surface area contributed by atoms with Gasteiger partial charge in [-0.05, 0) is 45.9 Å². The van der Waals surface area contributed by atoms with Crippen molar-refractivity contribution < 1.29 is 0 Å². The van der Waals surface area contributed by atoms with E-state index in [2.05, 4.69) is 82.3 Å². The Kier molecular flexibility index (Phi) is 4.18. The molecule has 0 saturated heterocycles. The van der Waals surface area contributed by atoms with Crippen LogP contribution in [-0.4, -0.2) is 0 Å². The van der Waals surface area contributed by atoms with E-state index in [4.69, 9.17) is 0 Å². The summed E-state index contributed by atoms with van der Waals surface area (Å²) in [6, 6.07) is 21.9. The van der Waals surface area contributed by atoms with Crippen LogP contribution in [0.4, 0.5) is 0 Å². The van der Waals surface area contributed by atoms with Gasteiger partial charge in [-0.15, -0.1) is 10.0 Å². The van der Waals surface area contributed by atoms with Crippen molar-refractivity contribution in [3.63, 3.8) is 0 Å². The summed E-state index contributed by atoms with van der Waals surface area (Å²) in [6.45, 7) is 0. The molecule has 0 spiro atoms. The fourth-order valence-corrected chi connectivity index (χ4v) is 10.9. The molecular weight excluding hydrogens is 344 g/mol. The van der Waals surface area contributed by atoms with Crippen LogP contribution < -0.4 is 0 Å². The Bertz CT molecular complexity index is 711. The highest BCUT2D eigenvalue weighted by molar-refractivity contribution is 8.49. The van der Waals surface area contributed by atoms with E-state index in [1.54, 1.807) is 0 Å². The Morgan fingerprint density at radius 3 is 1.68 bits per heavy atom. The van der Waals surface area contributed by atoms with Crippen LogP contribution in [0.3, 0.4) is 0 Å². The summed E-state index contributed by atoms with van der Waals surface area (Å²) in [5.74, 6) is 0. The van der Waals surface area contributed by atoms with E-state index in [0.29, 0.717) is 0 Å². The van der Waals surface area contributed by atoms with Crippen LogP contribution in [0, 0.1) is 0 Å². The highest BCUT2D eigenvalue weighted by Crippen LogP contribution is 2.77. The molecular formula is C18H14S4. The van der Waals surface area contributed by atoms with E-state index in [1.807, 2.05) is 35.3 Å². The number of benzene rings is 2. The largest absolute Gasteiger partial charge is 0.131 e. The summed E-state index contributed by atoms with van der Waals surface area (Å²) in [4.78, 5) is 2.83. The summed E-state index contributed by atoms with van der Waals surface area (Å²) in [5, 5.41) is 9.08. The van der Waals surface area contributed by atoms with Gasteiger partial charge in [-0.3, -0.25) is 0 Å². The first-order chi connectivity index (χ1) is 10.9. The maximum Gasteiger partial charge on any atom is 0.0685 e. The normalized spacial score (nSPS) is 20.5. The van der Waals surface area contributed by atoms with Gasteiger partial charge in [0.05, 0.1) is 8.47 Å². The first-order valence-corrected chi connectivity index (χ1v) is 11.2. The van der Waals surface area contributed by atoms with Crippen molar-refractivity contribution >= 4 is 45.3 Å². The van der Waals surface area contributed by atoms with Gasteiger partial charge in [0, 0.05) is 9.79 Å². The Hall–Kier alpha value is -0.940. The molecule has 0 fully saturated rings. The van der Waals surface area contributed by atoms with Crippen molar-refractivity contribution in [2.45, 2.75) is 9.79 Å². The molecule has 0 aromatic heterocycles. The Morgan fingerprint density at radius 2 is 1.14 bits per heavy atom. The van der Waals surface area contributed by atoms with Crippen molar-refractivity contribution in [3.8, 4) is 0 Å². The van der Waals surface area contributed by atoms with Gasteiger partial charge in [0.2, 0.25) is 0 Å². The molecule has 0 amide bonds. The monoisotopic (exact) mass is 358 g/mol. The Morgan fingerprint density at radius 1 is 0.591 bits per heavy atom. The van der Waals surface area contributed by atoms with E-state index in [1.165, 1.54) is 18.3 Å². The molecule has 0 nitrogen and oxygen atoms in total. The molecule has 0 unspecified atom stereocenters. The zero-order chi connectivity index (χ0) is 14.8. The summed E-state index contributed by atoms with van der Waals surface area (Å²) in [6.07, 6.45) is 0. The molecule has 0 radical (unpaired) electrons. The van der Waals surface area contributed by atoms with Gasteiger partial charge in [0.1, 0.15) is 0 Å². The van der Waals surface area contributed by atoms with Crippen LogP contribution in [0.1, 0.15) is 0 Å². The molecule has 2 aromatic carbocycles. The van der Waals surface area contributed by atoms with Crippen LogP contribution in [0.2, 0.25) is 0 Å². The first-order valence-electron chi connectivity index (χ1n) is 6.91. The molecule has 4 heteroatoms. The lowest BCUT2D eigenvalue weighted by Gasteiger charge is -2.36. The summed E-state index contributed by atoms with van der Waals surface area (Å²) >= 11 is 5.60. The minimum absolute atomic E-state index is 1.26. The summed E-state index contributed by atoms with van der Waals surface area (Å²) < 4.78 is 2.93. The number of hydrogen-bond donors (Lipinski definition) is 0. The van der Waals surface area contributed by atoms with Gasteiger partial charge >= 0.3 is 0 Å². The minimum Gasteiger partial charge on any atom is -0.131 e. The van der Waals surface area contributed by atoms with Gasteiger partial charge in [-0.25, -0.2) is 0 Å². The predicted octanol–water partition coefficient (Wildman–Crippen LogP) is 7.21. The molecule has 2 aromatic rings. The minimum atomic E-state index is -1.26. The van der Waals surface area contributed by atoms with Gasteiger partial charge < -0.3 is 0 Å². The number of rotatable bonds is 2. The second kappa shape index (κ2) is 6.28. The Labute approximate surface area is 145 Å². The van der Waals surface area contributed by atoms with Crippen LogP contribution in [0.5, 0.6) is 0 Å². The Balaban J connectivity index is 1.97. The molecule has 2 aliphatic rings. The highest BCUT2D eigenvalue weighted by atomic mass is 32.3. The van der Waals surface area contributed by atoms with Crippen molar-refractivity contribution in [2.24, 2.45) is 0 Å². The fourth-order valence-electron chi connectivity index (χ4n) is 2.57. The molecule has 0 saturated carbocycles. The standard InChI is InChI=1S/C18H14S4/c1-3-7-15(8-4-1)22(16-9-5-2-6-10-16)14-13-21-18(22)17-19-11-12-20-17/h1-14H. The molecule has 0 bridgehead atoms. The van der Waals surface area contributed by atoms with Crippen molar-refractivity contribution in [1.29, 1.82) is 0 Å². The van der Waals surface area contributed by atoms with Crippen LogP contribution in [0.25, 0.3) is 0 Å². The summed E-state index contributed by atoms with van der Waals surface area (Å²) in [7, 11) is -1.26. The first kappa shape index (κ1) is 14.6. The molecule has 2 heterocycles. The molecule has 0 N–H and O–H groups in total. The topological polar surface area (TPSA) is 0 Å². The summed E-state index contributed by atoms with van der Waals surface area (Å²) in [5.41, 5.74) is 0. The van der Waals surface area contributed by atoms with Gasteiger partial charge in [0.25, 0.3) is 0 Å². The van der Waals surface area contributed by atoms with E-state index < -0.39 is 10.0 Å². The van der Waals surface area contributed by atoms with E-state index in [0.717, 1.165) is 0 Å². The van der Waals surface area contributed by atoms with Gasteiger partial charge in [-0.2, -0.15) is 0 Å². The maximum atomic E-state index is 2.43. The average Bonchev–Trinajstić information content (AvgIpc) is 3.26. The van der Waals surface area contributed by atoms with Crippen LogP contribution in [0.15, 0.2) is 101 Å². The van der Waals surface area contributed by atoms with Crippen LogP contribution >= 0.6 is 45.3 Å². The lowest BCUT2D eigenvalue weighted by atomic mass is 10.4. The zero-order valence-electron chi connectivity index (χ0n) is 11.7. The number of thioether (sulfide) groups is 3. The molecule has 0 aliphatic carbocycles. The molecule has 110 valence electrons. The SMILES string of the molecule is C1=CSC(=C2SC=CS2(c2ccccc2)c2ccccc2)S1. The predicted molar refractivity (Wildman–Crippen MR) is 105 cm³/mol. The third-order valence-electron chi connectivity index (χ3n) is 3.53. The van der Waals surface area contributed by atoms with Gasteiger partial charge in [-0.1, -0.05) is 71.7 Å². The fraction of sp³-hybridized carbons (Fsp3) is 0. The number of hydrogen-bond acceptors (Lipinski definition) is 3. The molecule has 4 rings (SSSR count). The average molecular weight is 359 g/mol. The van der Waals surface area contributed by atoms with Crippen molar-refractivity contribution in [1.82, 2.24) is 0 Å². The van der Waals surface area contributed by atoms with E-state index in [9.17, 15) is 0 Å². The van der Waals surface area contributed by atoms with Crippen molar-refractivity contribution in [3.05, 3.63) is 90.8 Å². The zero-order valence-corrected chi connectivity index (χ0v) is 15.0. The quantitative estimate of drug-likeness (QED) is 0.557. The molecule has 2 aliphatic heterocycles. The second-order valence-electron chi connectivity index (χ2n) is 4.76. The molecule has 22 heavy (non-hydrogen) atoms.